The first-order valence-corrected chi connectivity index (χ1v) is 9.10. The molecule has 1 amide bonds. The molecular weight excluding hydrogens is 385 g/mol. The summed E-state index contributed by atoms with van der Waals surface area (Å²) in [6.07, 6.45) is 0.512. The number of methoxy groups -OCH3 is 1. The van der Waals surface area contributed by atoms with Crippen LogP contribution in [0.15, 0.2) is 54.1 Å². The fourth-order valence-electron chi connectivity index (χ4n) is 3.27. The second kappa shape index (κ2) is 8.54. The van der Waals surface area contributed by atoms with E-state index in [0.717, 1.165) is 0 Å². The van der Waals surface area contributed by atoms with Gasteiger partial charge in [0.15, 0.2) is 0 Å². The maximum atomic E-state index is 13.4. The van der Waals surface area contributed by atoms with E-state index in [4.69, 9.17) is 16.3 Å². The first kappa shape index (κ1) is 20.0. The van der Waals surface area contributed by atoms with Crippen LogP contribution < -0.4 is 0 Å². The lowest BCUT2D eigenvalue weighted by Gasteiger charge is -2.25. The van der Waals surface area contributed by atoms with Crippen molar-refractivity contribution in [1.82, 2.24) is 4.90 Å². The summed E-state index contributed by atoms with van der Waals surface area (Å²) < 4.78 is 18.4. The summed E-state index contributed by atoms with van der Waals surface area (Å²) in [5.74, 6) is -2.25. The van der Waals surface area contributed by atoms with Crippen LogP contribution in [0.5, 0.6) is 0 Å². The highest BCUT2D eigenvalue weighted by Crippen LogP contribution is 2.39. The number of amides is 1. The fraction of sp³-hybridized carbons (Fsp3) is 0.238. The average molecular weight is 404 g/mol. The van der Waals surface area contributed by atoms with Crippen LogP contribution in [0.25, 0.3) is 5.76 Å². The zero-order valence-corrected chi connectivity index (χ0v) is 15.9. The molecule has 1 aliphatic rings. The molecule has 0 radical (unpaired) electrons. The molecule has 7 heteroatoms. The van der Waals surface area contributed by atoms with Crippen LogP contribution in [0.3, 0.4) is 0 Å². The number of rotatable bonds is 6. The van der Waals surface area contributed by atoms with E-state index in [9.17, 15) is 19.1 Å². The SMILES string of the molecule is COCCCN1C(=O)C(=O)/C(=C(\O)c2cccc(Cl)c2)C1c1ccc(F)cc1. The maximum Gasteiger partial charge on any atom is 0.295 e. The Kier molecular flexibility index (Phi) is 6.11. The molecule has 0 aliphatic carbocycles. The number of ketones is 1. The van der Waals surface area contributed by atoms with Crippen molar-refractivity contribution in [3.8, 4) is 0 Å². The second-order valence-electron chi connectivity index (χ2n) is 6.40. The molecule has 2 aromatic carbocycles. The van der Waals surface area contributed by atoms with Gasteiger partial charge in [-0.25, -0.2) is 4.39 Å². The zero-order chi connectivity index (χ0) is 20.3. The third-order valence-electron chi connectivity index (χ3n) is 4.57. The van der Waals surface area contributed by atoms with Gasteiger partial charge in [-0.3, -0.25) is 9.59 Å². The molecule has 1 saturated heterocycles. The van der Waals surface area contributed by atoms with Crippen LogP contribution in [0.1, 0.15) is 23.6 Å². The number of halogens is 2. The highest BCUT2D eigenvalue weighted by molar-refractivity contribution is 6.46. The summed E-state index contributed by atoms with van der Waals surface area (Å²) in [6.45, 7) is 0.667. The molecule has 1 atom stereocenters. The van der Waals surface area contributed by atoms with Crippen molar-refractivity contribution in [2.24, 2.45) is 0 Å². The van der Waals surface area contributed by atoms with Gasteiger partial charge in [0.25, 0.3) is 11.7 Å². The van der Waals surface area contributed by atoms with Crippen LogP contribution in [0.4, 0.5) is 4.39 Å². The largest absolute Gasteiger partial charge is 0.507 e. The van der Waals surface area contributed by atoms with Gasteiger partial charge >= 0.3 is 0 Å². The molecule has 0 bridgehead atoms. The Bertz CT molecular complexity index is 926. The number of carbonyl (C=O) groups is 2. The predicted octanol–water partition coefficient (Wildman–Crippen LogP) is 3.94. The number of hydrogen-bond acceptors (Lipinski definition) is 4. The topological polar surface area (TPSA) is 66.8 Å². The first-order chi connectivity index (χ1) is 13.4. The normalized spacial score (nSPS) is 18.7. The van der Waals surface area contributed by atoms with E-state index in [2.05, 4.69) is 0 Å². The molecule has 0 saturated carbocycles. The van der Waals surface area contributed by atoms with Crippen molar-refractivity contribution in [3.63, 3.8) is 0 Å². The van der Waals surface area contributed by atoms with Crippen LogP contribution in [-0.4, -0.2) is 42.0 Å². The molecule has 1 heterocycles. The molecule has 1 N–H and O–H groups in total. The molecule has 1 aliphatic heterocycles. The van der Waals surface area contributed by atoms with Crippen molar-refractivity contribution in [2.75, 3.05) is 20.3 Å². The van der Waals surface area contributed by atoms with Gasteiger partial charge in [0.05, 0.1) is 11.6 Å². The Morgan fingerprint density at radius 3 is 2.57 bits per heavy atom. The number of likely N-dealkylation sites (tertiary alicyclic amines) is 1. The Morgan fingerprint density at radius 1 is 1.21 bits per heavy atom. The highest BCUT2D eigenvalue weighted by atomic mass is 35.5. The lowest BCUT2D eigenvalue weighted by atomic mass is 9.95. The molecule has 146 valence electrons. The maximum absolute atomic E-state index is 13.4. The third-order valence-corrected chi connectivity index (χ3v) is 4.81. The van der Waals surface area contributed by atoms with Crippen LogP contribution >= 0.6 is 11.6 Å². The summed E-state index contributed by atoms with van der Waals surface area (Å²) in [4.78, 5) is 26.8. The first-order valence-electron chi connectivity index (χ1n) is 8.72. The number of Topliss-reactive ketones (excluding diaryl/α,β-unsaturated/α-hetero) is 1. The number of ether oxygens (including phenoxy) is 1. The molecule has 5 nitrogen and oxygen atoms in total. The summed E-state index contributed by atoms with van der Waals surface area (Å²) in [6, 6.07) is 11.1. The standard InChI is InChI=1S/C21H19ClFNO4/c1-28-11-3-10-24-18(13-6-8-16(23)9-7-13)17(20(26)21(24)27)19(25)14-4-2-5-15(22)12-14/h2,4-9,12,18,25H,3,10-11H2,1H3/b19-17-. The Hall–Kier alpha value is -2.70. The number of hydrogen-bond donors (Lipinski definition) is 1. The number of aliphatic hydroxyl groups excluding tert-OH is 1. The summed E-state index contributed by atoms with van der Waals surface area (Å²) in [7, 11) is 1.55. The van der Waals surface area contributed by atoms with Crippen molar-refractivity contribution in [1.29, 1.82) is 0 Å². The Labute approximate surface area is 167 Å². The molecule has 1 unspecified atom stereocenters. The molecule has 2 aromatic rings. The highest BCUT2D eigenvalue weighted by Gasteiger charge is 2.45. The van der Waals surface area contributed by atoms with Crippen LogP contribution in [0.2, 0.25) is 5.02 Å². The van der Waals surface area contributed by atoms with Gasteiger partial charge in [0.1, 0.15) is 11.6 Å². The molecule has 0 spiro atoms. The summed E-state index contributed by atoms with van der Waals surface area (Å²) >= 11 is 5.99. The van der Waals surface area contributed by atoms with Gasteiger partial charge in [-0.1, -0.05) is 35.9 Å². The van der Waals surface area contributed by atoms with Gasteiger partial charge in [-0.05, 0) is 36.2 Å². The van der Waals surface area contributed by atoms with E-state index in [1.165, 1.54) is 35.2 Å². The van der Waals surface area contributed by atoms with E-state index in [1.807, 2.05) is 0 Å². The number of carbonyl (C=O) groups excluding carboxylic acids is 2. The number of aliphatic hydroxyl groups is 1. The second-order valence-corrected chi connectivity index (χ2v) is 6.84. The Morgan fingerprint density at radius 2 is 1.93 bits per heavy atom. The van der Waals surface area contributed by atoms with E-state index in [0.29, 0.717) is 29.2 Å². The fourth-order valence-corrected chi connectivity index (χ4v) is 3.46. The molecule has 3 rings (SSSR count). The van der Waals surface area contributed by atoms with Gasteiger partial charge in [-0.15, -0.1) is 0 Å². The molecule has 28 heavy (non-hydrogen) atoms. The molecule has 0 aromatic heterocycles. The quantitative estimate of drug-likeness (QED) is 0.343. The number of nitrogens with zero attached hydrogens (tertiary/aromatic N) is 1. The van der Waals surface area contributed by atoms with E-state index in [-0.39, 0.29) is 17.9 Å². The zero-order valence-electron chi connectivity index (χ0n) is 15.2. The van der Waals surface area contributed by atoms with E-state index in [1.54, 1.807) is 25.3 Å². The molecule has 1 fully saturated rings. The lowest BCUT2D eigenvalue weighted by Crippen LogP contribution is -2.31. The molecular formula is C21H19ClFNO4. The smallest absolute Gasteiger partial charge is 0.295 e. The summed E-state index contributed by atoms with van der Waals surface area (Å²) in [5.41, 5.74) is 0.812. The van der Waals surface area contributed by atoms with Gasteiger partial charge in [-0.2, -0.15) is 0 Å². The van der Waals surface area contributed by atoms with Crippen molar-refractivity contribution >= 4 is 29.1 Å². The van der Waals surface area contributed by atoms with Crippen molar-refractivity contribution < 1.29 is 23.8 Å². The van der Waals surface area contributed by atoms with Gasteiger partial charge in [0.2, 0.25) is 0 Å². The van der Waals surface area contributed by atoms with E-state index < -0.39 is 23.5 Å². The van der Waals surface area contributed by atoms with Crippen molar-refractivity contribution in [2.45, 2.75) is 12.5 Å². The van der Waals surface area contributed by atoms with E-state index >= 15 is 0 Å². The Balaban J connectivity index is 2.12. The predicted molar refractivity (Wildman–Crippen MR) is 103 cm³/mol. The minimum atomic E-state index is -0.823. The van der Waals surface area contributed by atoms with Gasteiger partial charge in [0, 0.05) is 30.8 Å². The van der Waals surface area contributed by atoms with Crippen molar-refractivity contribution in [3.05, 3.63) is 76.1 Å². The minimum Gasteiger partial charge on any atom is -0.507 e. The monoisotopic (exact) mass is 403 g/mol. The number of benzene rings is 2. The average Bonchev–Trinajstić information content (AvgIpc) is 2.93. The van der Waals surface area contributed by atoms with Gasteiger partial charge < -0.3 is 14.7 Å². The van der Waals surface area contributed by atoms with Crippen LogP contribution in [0, 0.1) is 5.82 Å². The van der Waals surface area contributed by atoms with Crippen LogP contribution in [-0.2, 0) is 14.3 Å². The third kappa shape index (κ3) is 3.93. The minimum absolute atomic E-state index is 0.0451. The summed E-state index contributed by atoms with van der Waals surface area (Å²) in [5, 5.41) is 11.2. The lowest BCUT2D eigenvalue weighted by molar-refractivity contribution is -0.140.